The molecule has 0 bridgehead atoms. The van der Waals surface area contributed by atoms with E-state index in [2.05, 4.69) is 36.9 Å². The summed E-state index contributed by atoms with van der Waals surface area (Å²) in [5.41, 5.74) is 2.77. The minimum Gasteiger partial charge on any atom is -0.357 e. The standard InChI is InChI=1S/C21H26BrFN4O.HI/c1-3-25-21(27-12-10-16-7-8-19(23)18(22)14-16)26-11-9-15-5-4-6-17(13-15)20(28)24-2;/h4-8,13-14H,3,9-12H2,1-2H3,(H,24,28)(H2,25,26,27);1H. The Morgan fingerprint density at radius 1 is 1.10 bits per heavy atom. The molecule has 0 heterocycles. The quantitative estimate of drug-likeness (QED) is 0.254. The summed E-state index contributed by atoms with van der Waals surface area (Å²) in [6.07, 6.45) is 1.50. The zero-order chi connectivity index (χ0) is 20.4. The fourth-order valence-electron chi connectivity index (χ4n) is 2.67. The number of hydrogen-bond donors (Lipinski definition) is 3. The van der Waals surface area contributed by atoms with Crippen molar-refractivity contribution in [2.24, 2.45) is 4.99 Å². The van der Waals surface area contributed by atoms with Gasteiger partial charge in [0.15, 0.2) is 5.96 Å². The van der Waals surface area contributed by atoms with Gasteiger partial charge >= 0.3 is 0 Å². The van der Waals surface area contributed by atoms with Crippen molar-refractivity contribution in [3.05, 3.63) is 69.4 Å². The second kappa shape index (κ2) is 13.5. The van der Waals surface area contributed by atoms with Crippen molar-refractivity contribution in [3.63, 3.8) is 0 Å². The van der Waals surface area contributed by atoms with Crippen LogP contribution in [0.1, 0.15) is 28.4 Å². The molecule has 0 saturated carbocycles. The Morgan fingerprint density at radius 2 is 1.86 bits per heavy atom. The number of aliphatic imine (C=N–C) groups is 1. The van der Waals surface area contributed by atoms with Crippen molar-refractivity contribution >= 4 is 51.8 Å². The molecule has 158 valence electrons. The van der Waals surface area contributed by atoms with Crippen LogP contribution in [0.4, 0.5) is 4.39 Å². The number of guanidine groups is 1. The fraction of sp³-hybridized carbons (Fsp3) is 0.333. The van der Waals surface area contributed by atoms with Gasteiger partial charge in [0.1, 0.15) is 5.82 Å². The van der Waals surface area contributed by atoms with Crippen LogP contribution in [0.2, 0.25) is 0 Å². The van der Waals surface area contributed by atoms with Crippen molar-refractivity contribution in [3.8, 4) is 0 Å². The topological polar surface area (TPSA) is 65.5 Å². The van der Waals surface area contributed by atoms with Crippen LogP contribution in [0.3, 0.4) is 0 Å². The first-order valence-electron chi connectivity index (χ1n) is 9.30. The maximum atomic E-state index is 13.3. The number of rotatable bonds is 8. The second-order valence-electron chi connectivity index (χ2n) is 6.22. The van der Waals surface area contributed by atoms with Crippen LogP contribution in [0.15, 0.2) is 51.9 Å². The Hall–Kier alpha value is -1.68. The SMILES string of the molecule is CCNC(=NCCc1ccc(F)c(Br)c1)NCCc1cccc(C(=O)NC)c1.I. The lowest BCUT2D eigenvalue weighted by molar-refractivity contribution is 0.0963. The number of nitrogens with one attached hydrogen (secondary N) is 3. The largest absolute Gasteiger partial charge is 0.357 e. The molecule has 3 N–H and O–H groups in total. The third kappa shape index (κ3) is 8.69. The van der Waals surface area contributed by atoms with Gasteiger partial charge in [-0.25, -0.2) is 4.39 Å². The van der Waals surface area contributed by atoms with Crippen molar-refractivity contribution in [1.82, 2.24) is 16.0 Å². The van der Waals surface area contributed by atoms with E-state index >= 15 is 0 Å². The molecule has 1 amide bonds. The minimum atomic E-state index is -0.261. The molecular formula is C21H27BrFIN4O. The van der Waals surface area contributed by atoms with Gasteiger partial charge in [-0.05, 0) is 71.1 Å². The van der Waals surface area contributed by atoms with Crippen molar-refractivity contribution < 1.29 is 9.18 Å². The van der Waals surface area contributed by atoms with Crippen LogP contribution >= 0.6 is 39.9 Å². The fourth-order valence-corrected chi connectivity index (χ4v) is 3.10. The average Bonchev–Trinajstić information content (AvgIpc) is 2.70. The van der Waals surface area contributed by atoms with E-state index in [9.17, 15) is 9.18 Å². The molecule has 0 aromatic heterocycles. The number of hydrogen-bond acceptors (Lipinski definition) is 2. The van der Waals surface area contributed by atoms with Gasteiger partial charge in [0.2, 0.25) is 0 Å². The smallest absolute Gasteiger partial charge is 0.251 e. The summed E-state index contributed by atoms with van der Waals surface area (Å²) in [7, 11) is 1.63. The molecule has 0 unspecified atom stereocenters. The molecule has 5 nitrogen and oxygen atoms in total. The van der Waals surface area contributed by atoms with Crippen molar-refractivity contribution in [2.45, 2.75) is 19.8 Å². The van der Waals surface area contributed by atoms with Gasteiger partial charge in [0.25, 0.3) is 5.91 Å². The van der Waals surface area contributed by atoms with E-state index in [0.29, 0.717) is 23.1 Å². The van der Waals surface area contributed by atoms with Gasteiger partial charge < -0.3 is 16.0 Å². The summed E-state index contributed by atoms with van der Waals surface area (Å²) in [5, 5.41) is 9.16. The lowest BCUT2D eigenvalue weighted by Gasteiger charge is -2.12. The summed E-state index contributed by atoms with van der Waals surface area (Å²) in [6.45, 7) is 4.08. The normalized spacial score (nSPS) is 10.8. The van der Waals surface area contributed by atoms with Gasteiger partial charge in [-0.2, -0.15) is 0 Å². The number of halogens is 3. The van der Waals surface area contributed by atoms with Crippen LogP contribution < -0.4 is 16.0 Å². The number of carbonyl (C=O) groups is 1. The van der Waals surface area contributed by atoms with Gasteiger partial charge in [-0.1, -0.05) is 18.2 Å². The number of carbonyl (C=O) groups excluding carboxylic acids is 1. The lowest BCUT2D eigenvalue weighted by atomic mass is 10.1. The molecule has 0 aliphatic heterocycles. The van der Waals surface area contributed by atoms with E-state index in [4.69, 9.17) is 0 Å². The summed E-state index contributed by atoms with van der Waals surface area (Å²) in [5.74, 6) is 0.394. The van der Waals surface area contributed by atoms with Crippen LogP contribution in [0.5, 0.6) is 0 Å². The van der Waals surface area contributed by atoms with Crippen LogP contribution in [-0.2, 0) is 12.8 Å². The van der Waals surface area contributed by atoms with Gasteiger partial charge in [0.05, 0.1) is 4.47 Å². The molecule has 0 aliphatic rings. The first-order chi connectivity index (χ1) is 13.5. The molecule has 0 fully saturated rings. The zero-order valence-electron chi connectivity index (χ0n) is 16.6. The molecule has 0 radical (unpaired) electrons. The molecule has 2 aromatic carbocycles. The van der Waals surface area contributed by atoms with Crippen molar-refractivity contribution in [1.29, 1.82) is 0 Å². The molecule has 0 aliphatic carbocycles. The van der Waals surface area contributed by atoms with Gasteiger partial charge in [-0.3, -0.25) is 9.79 Å². The third-order valence-corrected chi connectivity index (χ3v) is 4.73. The van der Waals surface area contributed by atoms with Gasteiger partial charge in [-0.15, -0.1) is 24.0 Å². The Labute approximate surface area is 197 Å². The Bertz CT molecular complexity index is 832. The highest BCUT2D eigenvalue weighted by Crippen LogP contribution is 2.17. The predicted molar refractivity (Wildman–Crippen MR) is 131 cm³/mol. The molecule has 8 heteroatoms. The summed E-state index contributed by atoms with van der Waals surface area (Å²) >= 11 is 3.21. The molecule has 0 atom stereocenters. The predicted octanol–water partition coefficient (Wildman–Crippen LogP) is 3.91. The maximum absolute atomic E-state index is 13.3. The maximum Gasteiger partial charge on any atom is 0.251 e. The number of nitrogens with zero attached hydrogens (tertiary/aromatic N) is 1. The summed E-state index contributed by atoms with van der Waals surface area (Å²) in [6, 6.07) is 12.6. The highest BCUT2D eigenvalue weighted by Gasteiger charge is 2.04. The Kier molecular flexibility index (Phi) is 11.8. The van der Waals surface area contributed by atoms with E-state index in [0.717, 1.165) is 36.5 Å². The average molecular weight is 577 g/mol. The monoisotopic (exact) mass is 576 g/mol. The minimum absolute atomic E-state index is 0. The molecule has 2 aromatic rings. The summed E-state index contributed by atoms with van der Waals surface area (Å²) in [4.78, 5) is 16.3. The molecule has 2 rings (SSSR count). The van der Waals surface area contributed by atoms with E-state index in [-0.39, 0.29) is 35.7 Å². The summed E-state index contributed by atoms with van der Waals surface area (Å²) < 4.78 is 13.8. The van der Waals surface area contributed by atoms with Crippen LogP contribution in [0.25, 0.3) is 0 Å². The van der Waals surface area contributed by atoms with E-state index in [1.54, 1.807) is 25.2 Å². The van der Waals surface area contributed by atoms with Crippen LogP contribution in [-0.4, -0.2) is 38.5 Å². The Balaban J connectivity index is 0.00000420. The Morgan fingerprint density at radius 3 is 2.55 bits per heavy atom. The molecule has 0 saturated heterocycles. The number of benzene rings is 2. The highest BCUT2D eigenvalue weighted by atomic mass is 127. The lowest BCUT2D eigenvalue weighted by Crippen LogP contribution is -2.38. The van der Waals surface area contributed by atoms with E-state index in [1.807, 2.05) is 25.1 Å². The van der Waals surface area contributed by atoms with Crippen LogP contribution in [0, 0.1) is 5.82 Å². The van der Waals surface area contributed by atoms with E-state index in [1.165, 1.54) is 6.07 Å². The zero-order valence-corrected chi connectivity index (χ0v) is 20.5. The van der Waals surface area contributed by atoms with Gasteiger partial charge in [0, 0.05) is 32.2 Å². The van der Waals surface area contributed by atoms with Crippen molar-refractivity contribution in [2.75, 3.05) is 26.7 Å². The molecular weight excluding hydrogens is 550 g/mol. The van der Waals surface area contributed by atoms with E-state index < -0.39 is 0 Å². The first-order valence-corrected chi connectivity index (χ1v) is 10.1. The third-order valence-electron chi connectivity index (χ3n) is 4.12. The first kappa shape index (κ1) is 25.4. The molecule has 29 heavy (non-hydrogen) atoms. The molecule has 0 spiro atoms. The second-order valence-corrected chi connectivity index (χ2v) is 7.07. The highest BCUT2D eigenvalue weighted by molar-refractivity contribution is 14.0. The number of amides is 1.